The SMILES string of the molecule is Cc1oc(I)cc1N. The van der Waals surface area contributed by atoms with Crippen LogP contribution < -0.4 is 5.73 Å². The van der Waals surface area contributed by atoms with Crippen molar-refractivity contribution in [1.82, 2.24) is 0 Å². The third-order valence-corrected chi connectivity index (χ3v) is 1.46. The largest absolute Gasteiger partial charge is 0.453 e. The number of anilines is 1. The number of furan rings is 1. The molecule has 0 saturated heterocycles. The lowest BCUT2D eigenvalue weighted by atomic mass is 10.4. The van der Waals surface area contributed by atoms with E-state index in [1.807, 2.05) is 6.92 Å². The average Bonchev–Trinajstić information content (AvgIpc) is 1.85. The van der Waals surface area contributed by atoms with Crippen molar-refractivity contribution in [2.45, 2.75) is 6.92 Å². The molecule has 0 aliphatic rings. The molecule has 0 aromatic carbocycles. The van der Waals surface area contributed by atoms with E-state index in [-0.39, 0.29) is 0 Å². The minimum atomic E-state index is 0.731. The molecular formula is C5H6INO. The van der Waals surface area contributed by atoms with Crippen LogP contribution in [0.5, 0.6) is 0 Å². The first-order chi connectivity index (χ1) is 3.70. The topological polar surface area (TPSA) is 39.2 Å². The second-order valence-electron chi connectivity index (χ2n) is 1.56. The monoisotopic (exact) mass is 223 g/mol. The van der Waals surface area contributed by atoms with Gasteiger partial charge in [0.15, 0.2) is 3.77 Å². The Morgan fingerprint density at radius 2 is 2.38 bits per heavy atom. The van der Waals surface area contributed by atoms with Crippen LogP contribution in [0.4, 0.5) is 5.69 Å². The van der Waals surface area contributed by atoms with Crippen molar-refractivity contribution in [3.8, 4) is 0 Å². The van der Waals surface area contributed by atoms with Crippen LogP contribution in [0.2, 0.25) is 0 Å². The van der Waals surface area contributed by atoms with E-state index in [2.05, 4.69) is 22.6 Å². The molecule has 0 saturated carbocycles. The molecule has 0 unspecified atom stereocenters. The first kappa shape index (κ1) is 5.94. The van der Waals surface area contributed by atoms with Crippen LogP contribution in [0.3, 0.4) is 0 Å². The molecule has 0 aliphatic carbocycles. The summed E-state index contributed by atoms with van der Waals surface area (Å²) in [6.45, 7) is 1.84. The number of hydrogen-bond donors (Lipinski definition) is 1. The maximum Gasteiger partial charge on any atom is 0.166 e. The summed E-state index contributed by atoms with van der Waals surface area (Å²) in [7, 11) is 0. The fourth-order valence-corrected chi connectivity index (χ4v) is 1.12. The highest BCUT2D eigenvalue weighted by atomic mass is 127. The molecule has 2 N–H and O–H groups in total. The Morgan fingerprint density at radius 3 is 2.50 bits per heavy atom. The standard InChI is InChI=1S/C5H6INO/c1-3-4(7)2-5(6)8-3/h2H,7H2,1H3. The molecule has 0 radical (unpaired) electrons. The third kappa shape index (κ3) is 0.964. The predicted molar refractivity (Wildman–Crippen MR) is 40.6 cm³/mol. The van der Waals surface area contributed by atoms with Gasteiger partial charge in [0.05, 0.1) is 5.69 Å². The summed E-state index contributed by atoms with van der Waals surface area (Å²) in [5.41, 5.74) is 6.17. The van der Waals surface area contributed by atoms with Crippen molar-refractivity contribution >= 4 is 28.3 Å². The van der Waals surface area contributed by atoms with E-state index in [0.29, 0.717) is 0 Å². The zero-order valence-electron chi connectivity index (χ0n) is 4.44. The average molecular weight is 223 g/mol. The Bertz CT molecular complexity index is 175. The number of nitrogen functional groups attached to an aromatic ring is 1. The van der Waals surface area contributed by atoms with E-state index in [1.54, 1.807) is 6.07 Å². The number of hydrogen-bond acceptors (Lipinski definition) is 2. The summed E-state index contributed by atoms with van der Waals surface area (Å²) in [5.74, 6) is 0.800. The number of halogens is 1. The predicted octanol–water partition coefficient (Wildman–Crippen LogP) is 1.77. The summed E-state index contributed by atoms with van der Waals surface area (Å²) in [6, 6.07) is 1.80. The van der Waals surface area contributed by atoms with Crippen LogP contribution >= 0.6 is 22.6 Å². The van der Waals surface area contributed by atoms with E-state index >= 15 is 0 Å². The zero-order valence-corrected chi connectivity index (χ0v) is 6.60. The Hall–Kier alpha value is -0.190. The van der Waals surface area contributed by atoms with Crippen molar-refractivity contribution in [3.63, 3.8) is 0 Å². The highest BCUT2D eigenvalue weighted by Gasteiger charge is 1.97. The molecule has 44 valence electrons. The molecule has 0 aliphatic heterocycles. The van der Waals surface area contributed by atoms with Crippen molar-refractivity contribution in [2.75, 3.05) is 5.73 Å². The minimum absolute atomic E-state index is 0.731. The van der Waals surface area contributed by atoms with Gasteiger partial charge in [0.1, 0.15) is 5.76 Å². The normalized spacial score (nSPS) is 9.75. The van der Waals surface area contributed by atoms with Gasteiger partial charge in [-0.15, -0.1) is 0 Å². The third-order valence-electron chi connectivity index (χ3n) is 0.926. The van der Waals surface area contributed by atoms with Crippen molar-refractivity contribution in [3.05, 3.63) is 15.6 Å². The molecule has 0 atom stereocenters. The van der Waals surface area contributed by atoms with Gasteiger partial charge < -0.3 is 10.2 Å². The second-order valence-corrected chi connectivity index (χ2v) is 2.63. The smallest absolute Gasteiger partial charge is 0.166 e. The molecule has 1 rings (SSSR count). The summed E-state index contributed by atoms with van der Waals surface area (Å²) < 4.78 is 5.92. The fourth-order valence-electron chi connectivity index (χ4n) is 0.459. The van der Waals surface area contributed by atoms with Gasteiger partial charge in [0, 0.05) is 6.07 Å². The lowest BCUT2D eigenvalue weighted by Crippen LogP contribution is -1.80. The Labute approximate surface area is 61.2 Å². The van der Waals surface area contributed by atoms with Gasteiger partial charge in [0.25, 0.3) is 0 Å². The van der Waals surface area contributed by atoms with E-state index < -0.39 is 0 Å². The Kier molecular flexibility index (Phi) is 1.46. The first-order valence-electron chi connectivity index (χ1n) is 2.21. The highest BCUT2D eigenvalue weighted by molar-refractivity contribution is 14.1. The molecule has 8 heavy (non-hydrogen) atoms. The van der Waals surface area contributed by atoms with Crippen LogP contribution in [0.1, 0.15) is 5.76 Å². The molecule has 1 aromatic rings. The Balaban J connectivity index is 3.14. The molecule has 0 amide bonds. The fraction of sp³-hybridized carbons (Fsp3) is 0.200. The van der Waals surface area contributed by atoms with E-state index in [1.165, 1.54) is 0 Å². The van der Waals surface area contributed by atoms with Gasteiger partial charge in [-0.2, -0.15) is 0 Å². The highest BCUT2D eigenvalue weighted by Crippen LogP contribution is 2.16. The molecule has 2 nitrogen and oxygen atoms in total. The maximum atomic E-state index is 5.44. The van der Waals surface area contributed by atoms with Crippen LogP contribution in [0, 0.1) is 10.7 Å². The summed E-state index contributed by atoms with van der Waals surface area (Å²) in [5, 5.41) is 0. The van der Waals surface area contributed by atoms with Crippen LogP contribution in [0.25, 0.3) is 0 Å². The zero-order chi connectivity index (χ0) is 6.15. The minimum Gasteiger partial charge on any atom is -0.453 e. The number of rotatable bonds is 0. The van der Waals surface area contributed by atoms with Crippen LogP contribution in [-0.4, -0.2) is 0 Å². The first-order valence-corrected chi connectivity index (χ1v) is 3.29. The molecule has 0 fully saturated rings. The van der Waals surface area contributed by atoms with Gasteiger partial charge >= 0.3 is 0 Å². The van der Waals surface area contributed by atoms with E-state index in [0.717, 1.165) is 15.2 Å². The summed E-state index contributed by atoms with van der Waals surface area (Å²) in [6.07, 6.45) is 0. The summed E-state index contributed by atoms with van der Waals surface area (Å²) >= 11 is 2.08. The van der Waals surface area contributed by atoms with Gasteiger partial charge in [-0.3, -0.25) is 0 Å². The van der Waals surface area contributed by atoms with Gasteiger partial charge in [0.2, 0.25) is 0 Å². The van der Waals surface area contributed by atoms with E-state index in [9.17, 15) is 0 Å². The lowest BCUT2D eigenvalue weighted by molar-refractivity contribution is 0.508. The molecule has 1 heterocycles. The molecule has 0 bridgehead atoms. The Morgan fingerprint density at radius 1 is 1.75 bits per heavy atom. The molecule has 3 heteroatoms. The van der Waals surface area contributed by atoms with Crippen molar-refractivity contribution in [1.29, 1.82) is 0 Å². The van der Waals surface area contributed by atoms with Gasteiger partial charge in [-0.1, -0.05) is 0 Å². The van der Waals surface area contributed by atoms with Gasteiger partial charge in [-0.25, -0.2) is 0 Å². The molecule has 0 spiro atoms. The number of aryl methyl sites for hydroxylation is 1. The van der Waals surface area contributed by atoms with Gasteiger partial charge in [-0.05, 0) is 29.5 Å². The van der Waals surface area contributed by atoms with Crippen LogP contribution in [0.15, 0.2) is 10.5 Å². The van der Waals surface area contributed by atoms with Crippen molar-refractivity contribution < 1.29 is 4.42 Å². The van der Waals surface area contributed by atoms with Crippen LogP contribution in [-0.2, 0) is 0 Å². The molecule has 1 aromatic heterocycles. The quantitative estimate of drug-likeness (QED) is 0.680. The van der Waals surface area contributed by atoms with Crippen molar-refractivity contribution in [2.24, 2.45) is 0 Å². The summed E-state index contributed by atoms with van der Waals surface area (Å²) in [4.78, 5) is 0. The lowest BCUT2D eigenvalue weighted by Gasteiger charge is -1.80. The maximum absolute atomic E-state index is 5.44. The second kappa shape index (κ2) is 1.97. The number of nitrogens with two attached hydrogens (primary N) is 1. The molecular weight excluding hydrogens is 217 g/mol. The van der Waals surface area contributed by atoms with E-state index in [4.69, 9.17) is 10.2 Å².